The molecule has 1 saturated heterocycles. The summed E-state index contributed by atoms with van der Waals surface area (Å²) in [6, 6.07) is 8.48. The summed E-state index contributed by atoms with van der Waals surface area (Å²) in [6.45, 7) is 3.23. The molecular weight excluding hydrogens is 464 g/mol. The van der Waals surface area contributed by atoms with E-state index in [0.29, 0.717) is 35.9 Å². The van der Waals surface area contributed by atoms with Crippen LogP contribution >= 0.6 is 11.6 Å². The number of hydrogen-bond acceptors (Lipinski definition) is 4. The smallest absolute Gasteiger partial charge is 0.318 e. The van der Waals surface area contributed by atoms with Crippen LogP contribution in [-0.4, -0.2) is 38.8 Å². The molecule has 178 valence electrons. The molecule has 0 spiro atoms. The quantitative estimate of drug-likeness (QED) is 0.566. The zero-order valence-electron chi connectivity index (χ0n) is 18.6. The van der Waals surface area contributed by atoms with Crippen LogP contribution in [0.15, 0.2) is 36.4 Å². The van der Waals surface area contributed by atoms with E-state index in [0.717, 1.165) is 30.3 Å². The molecule has 0 radical (unpaired) electrons. The van der Waals surface area contributed by atoms with Crippen LogP contribution in [0, 0.1) is 18.6 Å². The van der Waals surface area contributed by atoms with E-state index in [9.17, 15) is 13.6 Å². The number of urea groups is 1. The summed E-state index contributed by atoms with van der Waals surface area (Å²) < 4.78 is 35.4. The second-order valence-corrected chi connectivity index (χ2v) is 9.05. The molecule has 1 N–H and O–H groups in total. The highest BCUT2D eigenvalue weighted by atomic mass is 35.5. The van der Waals surface area contributed by atoms with Gasteiger partial charge in [0.15, 0.2) is 17.4 Å². The van der Waals surface area contributed by atoms with Crippen molar-refractivity contribution in [2.45, 2.75) is 44.8 Å². The normalized spacial score (nSPS) is 19.6. The average molecular weight is 488 g/mol. The molecule has 0 aliphatic carbocycles. The van der Waals surface area contributed by atoms with Crippen LogP contribution in [-0.2, 0) is 6.54 Å². The van der Waals surface area contributed by atoms with Gasteiger partial charge in [-0.05, 0) is 43.5 Å². The maximum Gasteiger partial charge on any atom is 0.318 e. The number of amides is 2. The largest absolute Gasteiger partial charge is 0.490 e. The summed E-state index contributed by atoms with van der Waals surface area (Å²) in [5, 5.41) is 12.3. The van der Waals surface area contributed by atoms with Crippen molar-refractivity contribution in [1.82, 2.24) is 25.0 Å². The minimum atomic E-state index is -0.765. The van der Waals surface area contributed by atoms with Crippen molar-refractivity contribution >= 4 is 17.6 Å². The van der Waals surface area contributed by atoms with E-state index in [1.807, 2.05) is 35.8 Å². The van der Waals surface area contributed by atoms with Crippen molar-refractivity contribution in [1.29, 1.82) is 0 Å². The summed E-state index contributed by atoms with van der Waals surface area (Å²) in [5.41, 5.74) is 1.36. The highest BCUT2D eigenvalue weighted by Gasteiger charge is 2.36. The summed E-state index contributed by atoms with van der Waals surface area (Å²) in [7, 11) is 0. The Hall–Kier alpha value is -3.20. The topological polar surface area (TPSA) is 72.3 Å². The molecule has 0 unspecified atom stereocenters. The summed E-state index contributed by atoms with van der Waals surface area (Å²) >= 11 is 6.01. The number of rotatable bonds is 4. The number of halogens is 3. The highest BCUT2D eigenvalue weighted by molar-refractivity contribution is 6.30. The molecule has 0 bridgehead atoms. The van der Waals surface area contributed by atoms with Crippen molar-refractivity contribution in [2.24, 2.45) is 0 Å². The molecule has 7 nitrogen and oxygen atoms in total. The van der Waals surface area contributed by atoms with Gasteiger partial charge in [0.2, 0.25) is 0 Å². The van der Waals surface area contributed by atoms with Gasteiger partial charge in [-0.1, -0.05) is 23.7 Å². The molecule has 2 aliphatic rings. The lowest BCUT2D eigenvalue weighted by Crippen LogP contribution is -2.43. The number of nitrogens with one attached hydrogen (secondary N) is 1. The molecule has 3 heterocycles. The summed E-state index contributed by atoms with van der Waals surface area (Å²) in [6.07, 6.45) is 1.99. The number of carbonyl (C=O) groups excluding carboxylic acids is 1. The van der Waals surface area contributed by atoms with Crippen LogP contribution in [0.3, 0.4) is 0 Å². The summed E-state index contributed by atoms with van der Waals surface area (Å²) in [5.74, 6) is -0.00932. The number of carbonyl (C=O) groups is 1. The summed E-state index contributed by atoms with van der Waals surface area (Å²) in [4.78, 5) is 15.0. The Balaban J connectivity index is 1.37. The van der Waals surface area contributed by atoms with Gasteiger partial charge in [-0.25, -0.2) is 13.6 Å². The maximum absolute atomic E-state index is 14.2. The van der Waals surface area contributed by atoms with E-state index < -0.39 is 17.7 Å². The van der Waals surface area contributed by atoms with Crippen LogP contribution in [0.2, 0.25) is 5.02 Å². The average Bonchev–Trinajstić information content (AvgIpc) is 3.43. The van der Waals surface area contributed by atoms with Crippen LogP contribution in [0.25, 0.3) is 0 Å². The highest BCUT2D eigenvalue weighted by Crippen LogP contribution is 2.36. The third-order valence-electron chi connectivity index (χ3n) is 6.39. The molecule has 10 heteroatoms. The molecule has 34 heavy (non-hydrogen) atoms. The van der Waals surface area contributed by atoms with Crippen molar-refractivity contribution in [3.05, 3.63) is 75.8 Å². The Bertz CT molecular complexity index is 1220. The zero-order valence-corrected chi connectivity index (χ0v) is 19.4. The SMILES string of the molecule is Cc1nnc([C@H]2CCCN2C(=O)N[C@H]2CCOc3c(F)cc(F)cc32)n1Cc1ccc(Cl)cc1. The zero-order chi connectivity index (χ0) is 23.8. The first-order valence-corrected chi connectivity index (χ1v) is 11.6. The van der Waals surface area contributed by atoms with E-state index in [1.165, 1.54) is 6.07 Å². The predicted molar refractivity (Wildman–Crippen MR) is 122 cm³/mol. The third-order valence-corrected chi connectivity index (χ3v) is 6.65. The van der Waals surface area contributed by atoms with Gasteiger partial charge in [-0.3, -0.25) is 0 Å². The Morgan fingerprint density at radius 3 is 2.79 bits per heavy atom. The second kappa shape index (κ2) is 9.21. The van der Waals surface area contributed by atoms with E-state index in [4.69, 9.17) is 16.3 Å². The molecular formula is C24H24ClF2N5O2. The van der Waals surface area contributed by atoms with Gasteiger partial charge in [0.25, 0.3) is 0 Å². The van der Waals surface area contributed by atoms with Gasteiger partial charge in [0, 0.05) is 29.6 Å². The first kappa shape index (κ1) is 22.6. The van der Waals surface area contributed by atoms with Crippen LogP contribution in [0.1, 0.15) is 54.1 Å². The van der Waals surface area contributed by atoms with Crippen LogP contribution < -0.4 is 10.1 Å². The van der Waals surface area contributed by atoms with E-state index in [2.05, 4.69) is 15.5 Å². The molecule has 5 rings (SSSR count). The van der Waals surface area contributed by atoms with E-state index in [-0.39, 0.29) is 24.4 Å². The predicted octanol–water partition coefficient (Wildman–Crippen LogP) is 4.94. The van der Waals surface area contributed by atoms with Gasteiger partial charge in [0.05, 0.1) is 25.2 Å². The lowest BCUT2D eigenvalue weighted by atomic mass is 10.00. The van der Waals surface area contributed by atoms with Crippen LogP contribution in [0.5, 0.6) is 5.75 Å². The number of likely N-dealkylation sites (tertiary alicyclic amines) is 1. The lowest BCUT2D eigenvalue weighted by molar-refractivity contribution is 0.178. The number of hydrogen-bond donors (Lipinski definition) is 1. The standard InChI is InChI=1S/C24H24ClF2N5O2/c1-14-29-30-23(32(14)13-15-4-6-16(25)7-5-15)21-3-2-9-31(21)24(33)28-20-8-10-34-22-18(20)11-17(26)12-19(22)27/h4-7,11-12,20-21H,2-3,8-10,13H2,1H3,(H,28,33)/t20-,21+/m0/s1. The van der Waals surface area contributed by atoms with Crippen molar-refractivity contribution in [3.8, 4) is 5.75 Å². The number of fused-ring (bicyclic) bond motifs is 1. The fraction of sp³-hybridized carbons (Fsp3) is 0.375. The number of benzene rings is 2. The van der Waals surface area contributed by atoms with Gasteiger partial charge in [0.1, 0.15) is 11.6 Å². The number of ether oxygens (including phenoxy) is 1. The molecule has 1 aromatic heterocycles. The van der Waals surface area contributed by atoms with Crippen molar-refractivity contribution < 1.29 is 18.3 Å². The van der Waals surface area contributed by atoms with Crippen LogP contribution in [0.4, 0.5) is 13.6 Å². The Labute approximate surface area is 200 Å². The van der Waals surface area contributed by atoms with Gasteiger partial charge in [-0.2, -0.15) is 0 Å². The number of aryl methyl sites for hydroxylation is 1. The fourth-order valence-corrected chi connectivity index (χ4v) is 4.82. The molecule has 2 aromatic carbocycles. The Kier molecular flexibility index (Phi) is 6.12. The fourth-order valence-electron chi connectivity index (χ4n) is 4.70. The van der Waals surface area contributed by atoms with Crippen molar-refractivity contribution in [3.63, 3.8) is 0 Å². The number of nitrogens with zero attached hydrogens (tertiary/aromatic N) is 4. The molecule has 1 fully saturated rings. The first-order chi connectivity index (χ1) is 16.4. The minimum absolute atomic E-state index is 0.00532. The Morgan fingerprint density at radius 2 is 2.00 bits per heavy atom. The Morgan fingerprint density at radius 1 is 1.21 bits per heavy atom. The second-order valence-electron chi connectivity index (χ2n) is 8.61. The molecule has 2 aliphatic heterocycles. The van der Waals surface area contributed by atoms with Gasteiger partial charge < -0.3 is 19.5 Å². The van der Waals surface area contributed by atoms with Gasteiger partial charge >= 0.3 is 6.03 Å². The molecule has 2 amide bonds. The molecule has 0 saturated carbocycles. The van der Waals surface area contributed by atoms with Gasteiger partial charge in [-0.15, -0.1) is 10.2 Å². The maximum atomic E-state index is 14.2. The number of aromatic nitrogens is 3. The van der Waals surface area contributed by atoms with E-state index >= 15 is 0 Å². The van der Waals surface area contributed by atoms with E-state index in [1.54, 1.807) is 4.90 Å². The first-order valence-electron chi connectivity index (χ1n) is 11.2. The monoisotopic (exact) mass is 487 g/mol. The molecule has 2 atom stereocenters. The molecule has 3 aromatic rings. The third kappa shape index (κ3) is 4.32. The van der Waals surface area contributed by atoms with Crippen molar-refractivity contribution in [2.75, 3.05) is 13.2 Å². The lowest BCUT2D eigenvalue weighted by Gasteiger charge is -2.31. The minimum Gasteiger partial charge on any atom is -0.490 e.